The van der Waals surface area contributed by atoms with Crippen LogP contribution in [0.15, 0.2) is 91.0 Å². The number of benzene rings is 4. The minimum absolute atomic E-state index is 0.190. The van der Waals surface area contributed by atoms with E-state index in [1.54, 1.807) is 0 Å². The maximum atomic E-state index is 12.6. The second-order valence-corrected chi connectivity index (χ2v) is 11.3. The molecule has 42 heavy (non-hydrogen) atoms. The van der Waals surface area contributed by atoms with Crippen molar-refractivity contribution in [2.75, 3.05) is 18.5 Å². The second-order valence-electron chi connectivity index (χ2n) is 10.5. The Morgan fingerprint density at radius 3 is 2.24 bits per heavy atom. The summed E-state index contributed by atoms with van der Waals surface area (Å²) < 4.78 is 15.3. The molecule has 1 fully saturated rings. The van der Waals surface area contributed by atoms with Crippen LogP contribution in [-0.2, 0) is 26.3 Å². The van der Waals surface area contributed by atoms with Crippen LogP contribution in [-0.4, -0.2) is 34.8 Å². The summed E-state index contributed by atoms with van der Waals surface area (Å²) in [5.74, 6) is -0.793. The molecule has 1 aliphatic heterocycles. The Kier molecular flexibility index (Phi) is 7.73. The fourth-order valence-electron chi connectivity index (χ4n) is 5.47. The van der Waals surface area contributed by atoms with Gasteiger partial charge in [0.25, 0.3) is 0 Å². The number of nitrogens with zero attached hydrogens (tertiary/aromatic N) is 1. The number of hydrogen-bond acceptors (Lipinski definition) is 6. The zero-order valence-corrected chi connectivity index (χ0v) is 23.9. The summed E-state index contributed by atoms with van der Waals surface area (Å²) >= 11 is 1.34. The van der Waals surface area contributed by atoms with E-state index in [-0.39, 0.29) is 6.61 Å². The molecule has 0 aliphatic carbocycles. The van der Waals surface area contributed by atoms with Crippen molar-refractivity contribution in [2.24, 2.45) is 0 Å². The molecule has 8 heteroatoms. The van der Waals surface area contributed by atoms with Crippen LogP contribution < -0.4 is 5.32 Å². The first-order valence-electron chi connectivity index (χ1n) is 13.8. The number of hydrogen-bond donors (Lipinski definition) is 2. The highest BCUT2D eigenvalue weighted by molar-refractivity contribution is 7.10. The molecule has 1 aliphatic rings. The van der Waals surface area contributed by atoms with Gasteiger partial charge < -0.3 is 14.6 Å². The Morgan fingerprint density at radius 1 is 0.905 bits per heavy atom. The van der Waals surface area contributed by atoms with Crippen molar-refractivity contribution in [1.82, 2.24) is 4.37 Å². The summed E-state index contributed by atoms with van der Waals surface area (Å²) in [6.45, 7) is 2.97. The Hall–Kier alpha value is -4.53. The number of amides is 1. The molecule has 6 rings (SSSR count). The first kappa shape index (κ1) is 27.6. The van der Waals surface area contributed by atoms with Gasteiger partial charge in [0.15, 0.2) is 0 Å². The average molecular weight is 579 g/mol. The Bertz CT molecular complexity index is 1740. The maximum absolute atomic E-state index is 12.6. The molecule has 1 amide bonds. The number of carbonyl (C=O) groups is 2. The topological polar surface area (TPSA) is 97.8 Å². The van der Waals surface area contributed by atoms with Gasteiger partial charge in [-0.1, -0.05) is 78.9 Å². The Balaban J connectivity index is 1.21. The molecule has 4 aromatic carbocycles. The van der Waals surface area contributed by atoms with Crippen LogP contribution in [0, 0.1) is 6.92 Å². The predicted molar refractivity (Wildman–Crippen MR) is 165 cm³/mol. The molecule has 1 aromatic heterocycles. The molecule has 2 heterocycles. The molecular formula is C34H30N2O5S. The summed E-state index contributed by atoms with van der Waals surface area (Å²) in [6.07, 6.45) is 0.433. The summed E-state index contributed by atoms with van der Waals surface area (Å²) in [4.78, 5) is 25.6. The lowest BCUT2D eigenvalue weighted by atomic mass is 9.74. The van der Waals surface area contributed by atoms with E-state index in [0.717, 1.165) is 49.2 Å². The van der Waals surface area contributed by atoms with Gasteiger partial charge in [-0.2, -0.15) is 4.37 Å². The summed E-state index contributed by atoms with van der Waals surface area (Å²) in [6, 6.07) is 29.9. The van der Waals surface area contributed by atoms with E-state index < -0.39 is 17.5 Å². The number of carboxylic acids is 1. The van der Waals surface area contributed by atoms with Crippen LogP contribution in [0.1, 0.15) is 29.7 Å². The lowest BCUT2D eigenvalue weighted by Crippen LogP contribution is -2.41. The summed E-state index contributed by atoms with van der Waals surface area (Å²) in [5, 5.41) is 15.0. The molecule has 0 bridgehead atoms. The average Bonchev–Trinajstić information content (AvgIpc) is 3.39. The minimum Gasteiger partial charge on any atom is -0.481 e. The third-order valence-corrected chi connectivity index (χ3v) is 8.92. The van der Waals surface area contributed by atoms with Gasteiger partial charge in [0.1, 0.15) is 6.61 Å². The normalized spacial score (nSPS) is 14.4. The number of aromatic nitrogens is 1. The number of carboxylic acid groups (broad SMARTS) is 1. The third-order valence-electron chi connectivity index (χ3n) is 7.93. The fourth-order valence-corrected chi connectivity index (χ4v) is 6.31. The highest BCUT2D eigenvalue weighted by Crippen LogP contribution is 2.38. The second kappa shape index (κ2) is 11.8. The molecule has 0 unspecified atom stereocenters. The van der Waals surface area contributed by atoms with Gasteiger partial charge in [-0.15, -0.1) is 0 Å². The zero-order valence-electron chi connectivity index (χ0n) is 23.1. The molecule has 1 saturated heterocycles. The highest BCUT2D eigenvalue weighted by Gasteiger charge is 2.41. The van der Waals surface area contributed by atoms with Crippen molar-refractivity contribution in [1.29, 1.82) is 0 Å². The molecule has 5 aromatic rings. The van der Waals surface area contributed by atoms with E-state index in [1.165, 1.54) is 11.5 Å². The van der Waals surface area contributed by atoms with Crippen LogP contribution >= 0.6 is 11.5 Å². The number of ether oxygens (including phenoxy) is 2. The largest absolute Gasteiger partial charge is 0.481 e. The quantitative estimate of drug-likeness (QED) is 0.204. The van der Waals surface area contributed by atoms with Crippen molar-refractivity contribution in [3.8, 4) is 21.6 Å². The van der Waals surface area contributed by atoms with Gasteiger partial charge >= 0.3 is 12.1 Å². The molecule has 0 atom stereocenters. The molecular weight excluding hydrogens is 548 g/mol. The number of anilines is 1. The Labute approximate surface area is 247 Å². The molecule has 7 nitrogen and oxygen atoms in total. The van der Waals surface area contributed by atoms with Crippen LogP contribution in [0.25, 0.3) is 32.3 Å². The monoisotopic (exact) mass is 578 g/mol. The van der Waals surface area contributed by atoms with Gasteiger partial charge in [0, 0.05) is 13.2 Å². The van der Waals surface area contributed by atoms with E-state index in [1.807, 2.05) is 67.6 Å². The number of carbonyl (C=O) groups excluding carboxylic acids is 1. The van der Waals surface area contributed by atoms with E-state index in [0.29, 0.717) is 31.7 Å². The molecule has 2 N–H and O–H groups in total. The van der Waals surface area contributed by atoms with Gasteiger partial charge in [0.2, 0.25) is 0 Å². The molecule has 0 radical (unpaired) electrons. The zero-order chi connectivity index (χ0) is 29.1. The van der Waals surface area contributed by atoms with Crippen molar-refractivity contribution in [2.45, 2.75) is 31.8 Å². The van der Waals surface area contributed by atoms with Crippen molar-refractivity contribution in [3.63, 3.8) is 0 Å². The lowest BCUT2D eigenvalue weighted by Gasteiger charge is -2.33. The number of rotatable bonds is 7. The predicted octanol–water partition coefficient (Wildman–Crippen LogP) is 7.82. The number of aliphatic carboxylic acids is 1. The standard InChI is InChI=1S/C34H30N2O5S/c1-22-30(35-33(39)41-21-23-5-3-2-4-6-23)31(42-36-22)28-10-9-26-19-25(7-8-27(26)20-28)24-11-13-29(14-12-24)34(32(37)38)15-17-40-18-16-34/h2-14,19-20H,15-18,21H2,1H3,(H,35,39)(H,37,38). The summed E-state index contributed by atoms with van der Waals surface area (Å²) in [7, 11) is 0. The number of fused-ring (bicyclic) bond motifs is 1. The molecule has 0 spiro atoms. The van der Waals surface area contributed by atoms with Gasteiger partial charge in [-0.05, 0) is 82.0 Å². The maximum Gasteiger partial charge on any atom is 0.412 e. The van der Waals surface area contributed by atoms with Crippen molar-refractivity contribution in [3.05, 3.63) is 108 Å². The first-order chi connectivity index (χ1) is 20.4. The van der Waals surface area contributed by atoms with Gasteiger partial charge in [-0.25, -0.2) is 4.79 Å². The fraction of sp³-hybridized carbons (Fsp3) is 0.206. The minimum atomic E-state index is -0.891. The summed E-state index contributed by atoms with van der Waals surface area (Å²) in [5.41, 5.74) is 5.26. The molecule has 0 saturated carbocycles. The van der Waals surface area contributed by atoms with Crippen LogP contribution in [0.3, 0.4) is 0 Å². The first-order valence-corrected chi connectivity index (χ1v) is 14.6. The number of nitrogens with one attached hydrogen (secondary N) is 1. The van der Waals surface area contributed by atoms with Crippen molar-refractivity contribution >= 4 is 40.1 Å². The Morgan fingerprint density at radius 2 is 1.55 bits per heavy atom. The van der Waals surface area contributed by atoms with Crippen LogP contribution in [0.2, 0.25) is 0 Å². The number of aryl methyl sites for hydroxylation is 1. The lowest BCUT2D eigenvalue weighted by molar-refractivity contribution is -0.147. The van der Waals surface area contributed by atoms with E-state index in [4.69, 9.17) is 9.47 Å². The van der Waals surface area contributed by atoms with Gasteiger partial charge in [-0.3, -0.25) is 10.1 Å². The van der Waals surface area contributed by atoms with E-state index in [2.05, 4.69) is 40.0 Å². The molecule has 212 valence electrons. The third kappa shape index (κ3) is 5.51. The van der Waals surface area contributed by atoms with Crippen LogP contribution in [0.4, 0.5) is 10.5 Å². The van der Waals surface area contributed by atoms with E-state index >= 15 is 0 Å². The smallest absolute Gasteiger partial charge is 0.412 e. The van der Waals surface area contributed by atoms with Crippen molar-refractivity contribution < 1.29 is 24.2 Å². The highest BCUT2D eigenvalue weighted by atomic mass is 32.1. The van der Waals surface area contributed by atoms with Gasteiger partial charge in [0.05, 0.1) is 21.7 Å². The SMILES string of the molecule is Cc1nsc(-c2ccc3cc(-c4ccc(C5(C(=O)O)CCOCC5)cc4)ccc3c2)c1NC(=O)OCc1ccccc1. The van der Waals surface area contributed by atoms with Crippen LogP contribution in [0.5, 0.6) is 0 Å². The van der Waals surface area contributed by atoms with E-state index in [9.17, 15) is 14.7 Å².